The highest BCUT2D eigenvalue weighted by molar-refractivity contribution is 5.72. The second-order valence-corrected chi connectivity index (χ2v) is 6.89. The zero-order valence-electron chi connectivity index (χ0n) is 16.3. The van der Waals surface area contributed by atoms with Crippen molar-refractivity contribution in [3.05, 3.63) is 83.9 Å². The van der Waals surface area contributed by atoms with Crippen LogP contribution in [-0.2, 0) is 11.2 Å². The van der Waals surface area contributed by atoms with E-state index in [4.69, 9.17) is 9.84 Å². The molecule has 0 saturated heterocycles. The zero-order chi connectivity index (χ0) is 21.8. The van der Waals surface area contributed by atoms with E-state index in [0.717, 1.165) is 16.7 Å². The van der Waals surface area contributed by atoms with Crippen molar-refractivity contribution in [2.24, 2.45) is 0 Å². The van der Waals surface area contributed by atoms with Gasteiger partial charge in [-0.25, -0.2) is 0 Å². The van der Waals surface area contributed by atoms with Crippen LogP contribution in [0, 0.1) is 0 Å². The molecule has 0 radical (unpaired) electrons. The van der Waals surface area contributed by atoms with Crippen molar-refractivity contribution >= 4 is 12.0 Å². The molecular formula is C24H18F2O5. The maximum absolute atomic E-state index is 13.1. The third kappa shape index (κ3) is 5.19. The predicted molar refractivity (Wildman–Crippen MR) is 110 cm³/mol. The van der Waals surface area contributed by atoms with Crippen LogP contribution >= 0.6 is 0 Å². The van der Waals surface area contributed by atoms with Gasteiger partial charge in [-0.3, -0.25) is 4.79 Å². The van der Waals surface area contributed by atoms with E-state index >= 15 is 0 Å². The fourth-order valence-corrected chi connectivity index (χ4v) is 3.20. The van der Waals surface area contributed by atoms with Crippen LogP contribution in [0.5, 0.6) is 17.2 Å². The smallest absolute Gasteiger partial charge is 0.490 e. The first-order valence-corrected chi connectivity index (χ1v) is 9.48. The van der Waals surface area contributed by atoms with Crippen LogP contribution in [0.25, 0.3) is 17.2 Å². The average molecular weight is 424 g/mol. The lowest BCUT2D eigenvalue weighted by atomic mass is 10.0. The van der Waals surface area contributed by atoms with E-state index in [9.17, 15) is 13.6 Å². The number of benzene rings is 3. The Balaban J connectivity index is 1.39. The number of aliphatic carboxylic acids is 1. The molecule has 7 heteroatoms. The van der Waals surface area contributed by atoms with Crippen molar-refractivity contribution in [3.8, 4) is 28.4 Å². The zero-order valence-corrected chi connectivity index (χ0v) is 16.3. The molecule has 0 aromatic heterocycles. The minimum absolute atomic E-state index is 0.00244. The van der Waals surface area contributed by atoms with Gasteiger partial charge in [-0.05, 0) is 52.6 Å². The van der Waals surface area contributed by atoms with Gasteiger partial charge in [0, 0.05) is 0 Å². The number of halogens is 2. The Morgan fingerprint density at radius 3 is 2.52 bits per heavy atom. The van der Waals surface area contributed by atoms with Gasteiger partial charge >= 0.3 is 12.3 Å². The van der Waals surface area contributed by atoms with Crippen molar-refractivity contribution in [3.63, 3.8) is 0 Å². The summed E-state index contributed by atoms with van der Waals surface area (Å²) in [5, 5.41) is 8.97. The maximum atomic E-state index is 13.1. The SMILES string of the molecule is O=C(O)Cc1cccc(-c2cccc(OCC=Cc3ccc4c(c3)OC(F)(F)O4)c2)c1. The monoisotopic (exact) mass is 424 g/mol. The summed E-state index contributed by atoms with van der Waals surface area (Å²) in [5.74, 6) is -0.234. The lowest BCUT2D eigenvalue weighted by Crippen LogP contribution is -2.25. The summed E-state index contributed by atoms with van der Waals surface area (Å²) in [6, 6.07) is 19.4. The molecule has 1 aliphatic heterocycles. The molecular weight excluding hydrogens is 406 g/mol. The number of carboxylic acids is 1. The van der Waals surface area contributed by atoms with Crippen molar-refractivity contribution in [2.75, 3.05) is 6.61 Å². The number of carboxylic acid groups (broad SMARTS) is 1. The molecule has 5 nitrogen and oxygen atoms in total. The molecule has 0 unspecified atom stereocenters. The van der Waals surface area contributed by atoms with Gasteiger partial charge < -0.3 is 19.3 Å². The normalized spacial score (nSPS) is 14.0. The number of hydrogen-bond donors (Lipinski definition) is 1. The summed E-state index contributed by atoms with van der Waals surface area (Å²) < 4.78 is 40.7. The molecule has 1 heterocycles. The second-order valence-electron chi connectivity index (χ2n) is 6.89. The van der Waals surface area contributed by atoms with Gasteiger partial charge in [-0.15, -0.1) is 8.78 Å². The average Bonchev–Trinajstić information content (AvgIpc) is 3.04. The van der Waals surface area contributed by atoms with Crippen LogP contribution in [-0.4, -0.2) is 24.0 Å². The van der Waals surface area contributed by atoms with Gasteiger partial charge in [0.05, 0.1) is 6.42 Å². The summed E-state index contributed by atoms with van der Waals surface area (Å²) in [6.07, 6.45) is -0.173. The van der Waals surface area contributed by atoms with Crippen LogP contribution < -0.4 is 14.2 Å². The first kappa shape index (κ1) is 20.4. The molecule has 3 aromatic rings. The van der Waals surface area contributed by atoms with Crippen molar-refractivity contribution in [1.29, 1.82) is 0 Å². The lowest BCUT2D eigenvalue weighted by molar-refractivity contribution is -0.286. The Hall–Kier alpha value is -3.87. The highest BCUT2D eigenvalue weighted by Gasteiger charge is 2.43. The Bertz CT molecular complexity index is 1140. The van der Waals surface area contributed by atoms with Crippen LogP contribution in [0.15, 0.2) is 72.8 Å². The predicted octanol–water partition coefficient (Wildman–Crippen LogP) is 5.39. The van der Waals surface area contributed by atoms with E-state index in [1.54, 1.807) is 24.3 Å². The molecule has 1 N–H and O–H groups in total. The van der Waals surface area contributed by atoms with Crippen LogP contribution in [0.2, 0.25) is 0 Å². The largest absolute Gasteiger partial charge is 0.586 e. The third-order valence-corrected chi connectivity index (χ3v) is 4.53. The molecule has 1 aliphatic rings. The Morgan fingerprint density at radius 2 is 1.71 bits per heavy atom. The number of carbonyl (C=O) groups is 1. The quantitative estimate of drug-likeness (QED) is 0.551. The number of hydrogen-bond acceptors (Lipinski definition) is 4. The fourth-order valence-electron chi connectivity index (χ4n) is 3.20. The first-order chi connectivity index (χ1) is 14.9. The molecule has 3 aromatic carbocycles. The summed E-state index contributed by atoms with van der Waals surface area (Å²) in [7, 11) is 0. The van der Waals surface area contributed by atoms with Crippen LogP contribution in [0.3, 0.4) is 0 Å². The molecule has 0 atom stereocenters. The Kier molecular flexibility index (Phi) is 5.58. The molecule has 0 saturated carbocycles. The minimum Gasteiger partial charge on any atom is -0.490 e. The van der Waals surface area contributed by atoms with E-state index < -0.39 is 12.3 Å². The fraction of sp³-hybridized carbons (Fsp3) is 0.125. The third-order valence-electron chi connectivity index (χ3n) is 4.53. The minimum atomic E-state index is -3.63. The molecule has 0 amide bonds. The lowest BCUT2D eigenvalue weighted by Gasteiger charge is -2.08. The van der Waals surface area contributed by atoms with Gasteiger partial charge in [-0.2, -0.15) is 0 Å². The summed E-state index contributed by atoms with van der Waals surface area (Å²) in [6.45, 7) is 0.271. The van der Waals surface area contributed by atoms with Crippen LogP contribution in [0.1, 0.15) is 11.1 Å². The van der Waals surface area contributed by atoms with E-state index in [1.807, 2.05) is 42.5 Å². The highest BCUT2D eigenvalue weighted by atomic mass is 19.3. The van der Waals surface area contributed by atoms with E-state index in [2.05, 4.69) is 9.47 Å². The van der Waals surface area contributed by atoms with E-state index in [-0.39, 0.29) is 24.5 Å². The summed E-state index contributed by atoms with van der Waals surface area (Å²) >= 11 is 0. The van der Waals surface area contributed by atoms with E-state index in [1.165, 1.54) is 12.1 Å². The number of ether oxygens (including phenoxy) is 3. The molecule has 31 heavy (non-hydrogen) atoms. The maximum Gasteiger partial charge on any atom is 0.586 e. The standard InChI is InChI=1S/C24H18F2O5/c25-24(26)30-21-10-9-16(13-22(21)31-24)5-3-11-29-20-8-2-7-19(15-20)18-6-1-4-17(12-18)14-23(27)28/h1-10,12-13,15H,11,14H2,(H,27,28). The summed E-state index contributed by atoms with van der Waals surface area (Å²) in [5.41, 5.74) is 3.20. The molecule has 158 valence electrons. The van der Waals surface area contributed by atoms with Gasteiger partial charge in [0.25, 0.3) is 0 Å². The Labute approximate surface area is 177 Å². The van der Waals surface area contributed by atoms with Crippen molar-refractivity contribution in [1.82, 2.24) is 0 Å². The highest BCUT2D eigenvalue weighted by Crippen LogP contribution is 2.41. The van der Waals surface area contributed by atoms with Gasteiger partial charge in [0.2, 0.25) is 0 Å². The summed E-state index contributed by atoms with van der Waals surface area (Å²) in [4.78, 5) is 10.9. The number of fused-ring (bicyclic) bond motifs is 1. The van der Waals surface area contributed by atoms with Gasteiger partial charge in [-0.1, -0.05) is 48.5 Å². The molecule has 0 aliphatic carbocycles. The van der Waals surface area contributed by atoms with Crippen molar-refractivity contribution < 1.29 is 32.9 Å². The molecule has 0 spiro atoms. The molecule has 0 bridgehead atoms. The van der Waals surface area contributed by atoms with Gasteiger partial charge in [0.1, 0.15) is 12.4 Å². The first-order valence-electron chi connectivity index (χ1n) is 9.48. The number of alkyl halides is 2. The molecule has 0 fully saturated rings. The number of rotatable bonds is 7. The van der Waals surface area contributed by atoms with Gasteiger partial charge in [0.15, 0.2) is 11.5 Å². The Morgan fingerprint density at radius 1 is 0.968 bits per heavy atom. The van der Waals surface area contributed by atoms with E-state index in [0.29, 0.717) is 11.3 Å². The second kappa shape index (κ2) is 8.47. The van der Waals surface area contributed by atoms with Crippen molar-refractivity contribution in [2.45, 2.75) is 12.7 Å². The molecule has 4 rings (SSSR count). The van der Waals surface area contributed by atoms with Crippen LogP contribution in [0.4, 0.5) is 8.78 Å². The topological polar surface area (TPSA) is 65.0 Å².